The summed E-state index contributed by atoms with van der Waals surface area (Å²) in [6.45, 7) is 0.599. The maximum absolute atomic E-state index is 12.5. The molecule has 1 unspecified atom stereocenters. The standard InChI is InChI=1S/C19H21N3O2.ClH/c20-16(13-14-7-3-1-4-8-14)18(23)21-17-11-12-22(19(17)24)15-9-5-2-6-10-15;/h1-10,16-17H,11-13,20H2,(H,21,23);1H/t16-,17?;/m0./s1. The molecule has 1 heterocycles. The summed E-state index contributed by atoms with van der Waals surface area (Å²) in [7, 11) is 0. The van der Waals surface area contributed by atoms with Gasteiger partial charge < -0.3 is 16.0 Å². The summed E-state index contributed by atoms with van der Waals surface area (Å²) < 4.78 is 0. The molecule has 1 aliphatic heterocycles. The Bertz CT molecular complexity index is 709. The van der Waals surface area contributed by atoms with Crippen LogP contribution in [0.15, 0.2) is 60.7 Å². The van der Waals surface area contributed by atoms with Crippen molar-refractivity contribution in [3.63, 3.8) is 0 Å². The summed E-state index contributed by atoms with van der Waals surface area (Å²) in [6.07, 6.45) is 1.05. The molecule has 2 atom stereocenters. The number of benzene rings is 2. The lowest BCUT2D eigenvalue weighted by Crippen LogP contribution is -2.49. The third-order valence-corrected chi connectivity index (χ3v) is 4.23. The van der Waals surface area contributed by atoms with E-state index in [1.807, 2.05) is 60.7 Å². The van der Waals surface area contributed by atoms with E-state index < -0.39 is 12.1 Å². The van der Waals surface area contributed by atoms with Crippen molar-refractivity contribution in [3.05, 3.63) is 66.2 Å². The maximum atomic E-state index is 12.5. The second-order valence-corrected chi connectivity index (χ2v) is 5.97. The van der Waals surface area contributed by atoms with Gasteiger partial charge in [-0.2, -0.15) is 0 Å². The van der Waals surface area contributed by atoms with E-state index in [1.165, 1.54) is 0 Å². The molecule has 5 nitrogen and oxygen atoms in total. The third kappa shape index (κ3) is 4.59. The molecule has 0 aromatic heterocycles. The summed E-state index contributed by atoms with van der Waals surface area (Å²) in [5.74, 6) is -0.367. The van der Waals surface area contributed by atoms with Gasteiger partial charge in [0, 0.05) is 12.2 Å². The van der Waals surface area contributed by atoms with E-state index in [9.17, 15) is 9.59 Å². The number of carbonyl (C=O) groups is 2. The number of amides is 2. The van der Waals surface area contributed by atoms with Crippen LogP contribution >= 0.6 is 12.4 Å². The Balaban J connectivity index is 0.00000225. The van der Waals surface area contributed by atoms with Crippen LogP contribution in [-0.2, 0) is 16.0 Å². The minimum Gasteiger partial charge on any atom is -0.343 e. The van der Waals surface area contributed by atoms with Gasteiger partial charge in [-0.3, -0.25) is 9.59 Å². The minimum atomic E-state index is -0.661. The molecule has 132 valence electrons. The highest BCUT2D eigenvalue weighted by atomic mass is 35.5. The number of rotatable bonds is 5. The van der Waals surface area contributed by atoms with E-state index in [2.05, 4.69) is 5.32 Å². The van der Waals surface area contributed by atoms with E-state index in [0.717, 1.165) is 11.3 Å². The predicted octanol–water partition coefficient (Wildman–Crippen LogP) is 1.90. The molecule has 2 aromatic carbocycles. The van der Waals surface area contributed by atoms with Crippen molar-refractivity contribution in [2.75, 3.05) is 11.4 Å². The highest BCUT2D eigenvalue weighted by molar-refractivity contribution is 6.01. The van der Waals surface area contributed by atoms with Crippen LogP contribution in [-0.4, -0.2) is 30.4 Å². The van der Waals surface area contributed by atoms with Crippen LogP contribution in [0.2, 0.25) is 0 Å². The SMILES string of the molecule is Cl.N[C@@H](Cc1ccccc1)C(=O)NC1CCN(c2ccccc2)C1=O. The molecule has 3 rings (SSSR count). The van der Waals surface area contributed by atoms with Gasteiger partial charge >= 0.3 is 0 Å². The van der Waals surface area contributed by atoms with Crippen molar-refractivity contribution in [2.45, 2.75) is 24.9 Å². The number of hydrogen-bond donors (Lipinski definition) is 2. The van der Waals surface area contributed by atoms with Crippen molar-refractivity contribution >= 4 is 29.9 Å². The first kappa shape index (κ1) is 19.0. The maximum Gasteiger partial charge on any atom is 0.249 e. The molecule has 0 saturated carbocycles. The van der Waals surface area contributed by atoms with Gasteiger partial charge in [0.2, 0.25) is 11.8 Å². The van der Waals surface area contributed by atoms with E-state index in [-0.39, 0.29) is 24.2 Å². The number of hydrogen-bond acceptors (Lipinski definition) is 3. The molecule has 2 aromatic rings. The second kappa shape index (κ2) is 8.65. The monoisotopic (exact) mass is 359 g/mol. The van der Waals surface area contributed by atoms with Crippen LogP contribution in [0.3, 0.4) is 0 Å². The van der Waals surface area contributed by atoms with E-state index in [0.29, 0.717) is 19.4 Å². The Morgan fingerprint density at radius 1 is 1.12 bits per heavy atom. The van der Waals surface area contributed by atoms with Crippen LogP contribution in [0.5, 0.6) is 0 Å². The number of halogens is 1. The van der Waals surface area contributed by atoms with Gasteiger partial charge in [0.1, 0.15) is 6.04 Å². The lowest BCUT2D eigenvalue weighted by Gasteiger charge is -2.18. The van der Waals surface area contributed by atoms with Gasteiger partial charge in [0.25, 0.3) is 0 Å². The molecule has 0 radical (unpaired) electrons. The third-order valence-electron chi connectivity index (χ3n) is 4.23. The van der Waals surface area contributed by atoms with Gasteiger partial charge in [0.05, 0.1) is 6.04 Å². The lowest BCUT2D eigenvalue weighted by molar-refractivity contribution is -0.127. The second-order valence-electron chi connectivity index (χ2n) is 5.97. The van der Waals surface area contributed by atoms with Gasteiger partial charge in [0.15, 0.2) is 0 Å². The molecule has 2 amide bonds. The topological polar surface area (TPSA) is 75.4 Å². The van der Waals surface area contributed by atoms with Crippen molar-refractivity contribution in [2.24, 2.45) is 5.73 Å². The summed E-state index contributed by atoms with van der Waals surface area (Å²) in [5, 5.41) is 2.79. The molecule has 1 fully saturated rings. The summed E-state index contributed by atoms with van der Waals surface area (Å²) in [5.41, 5.74) is 7.84. The summed E-state index contributed by atoms with van der Waals surface area (Å²) in [4.78, 5) is 26.5. The molecule has 0 aliphatic carbocycles. The van der Waals surface area contributed by atoms with Gasteiger partial charge in [-0.1, -0.05) is 48.5 Å². The molecule has 0 spiro atoms. The first-order valence-corrected chi connectivity index (χ1v) is 8.11. The van der Waals surface area contributed by atoms with Gasteiger partial charge in [-0.15, -0.1) is 12.4 Å². The Hall–Kier alpha value is -2.37. The number of nitrogens with zero attached hydrogens (tertiary/aromatic N) is 1. The van der Waals surface area contributed by atoms with E-state index in [4.69, 9.17) is 5.73 Å². The van der Waals surface area contributed by atoms with Crippen molar-refractivity contribution < 1.29 is 9.59 Å². The Morgan fingerprint density at radius 2 is 1.72 bits per heavy atom. The molecular weight excluding hydrogens is 338 g/mol. The quantitative estimate of drug-likeness (QED) is 0.856. The molecule has 6 heteroatoms. The number of nitrogens with one attached hydrogen (secondary N) is 1. The van der Waals surface area contributed by atoms with Crippen LogP contribution in [0.1, 0.15) is 12.0 Å². The van der Waals surface area contributed by atoms with Crippen molar-refractivity contribution in [3.8, 4) is 0 Å². The van der Waals surface area contributed by atoms with Crippen LogP contribution < -0.4 is 16.0 Å². The lowest BCUT2D eigenvalue weighted by atomic mass is 10.1. The molecule has 25 heavy (non-hydrogen) atoms. The number of carbonyl (C=O) groups excluding carboxylic acids is 2. The summed E-state index contributed by atoms with van der Waals surface area (Å²) in [6, 6.07) is 17.9. The van der Waals surface area contributed by atoms with Crippen molar-refractivity contribution in [1.82, 2.24) is 5.32 Å². The smallest absolute Gasteiger partial charge is 0.249 e. The van der Waals surface area contributed by atoms with Crippen LogP contribution in [0.25, 0.3) is 0 Å². The Kier molecular flexibility index (Phi) is 6.56. The normalized spacial score (nSPS) is 17.7. The number of anilines is 1. The predicted molar refractivity (Wildman–Crippen MR) is 101 cm³/mol. The fraction of sp³-hybridized carbons (Fsp3) is 0.263. The van der Waals surface area contributed by atoms with E-state index >= 15 is 0 Å². The summed E-state index contributed by atoms with van der Waals surface area (Å²) >= 11 is 0. The van der Waals surface area contributed by atoms with Crippen molar-refractivity contribution in [1.29, 1.82) is 0 Å². The Morgan fingerprint density at radius 3 is 2.36 bits per heavy atom. The van der Waals surface area contributed by atoms with E-state index in [1.54, 1.807) is 4.90 Å². The Labute approximate surface area is 153 Å². The van der Waals surface area contributed by atoms with Gasteiger partial charge in [-0.25, -0.2) is 0 Å². The zero-order valence-corrected chi connectivity index (χ0v) is 14.6. The highest BCUT2D eigenvalue weighted by Crippen LogP contribution is 2.21. The highest BCUT2D eigenvalue weighted by Gasteiger charge is 2.34. The average molecular weight is 360 g/mol. The zero-order chi connectivity index (χ0) is 16.9. The van der Waals surface area contributed by atoms with Gasteiger partial charge in [-0.05, 0) is 30.5 Å². The first-order valence-electron chi connectivity index (χ1n) is 8.11. The zero-order valence-electron chi connectivity index (χ0n) is 13.8. The van der Waals surface area contributed by atoms with Crippen LogP contribution in [0, 0.1) is 0 Å². The first-order chi connectivity index (χ1) is 11.6. The fourth-order valence-electron chi connectivity index (χ4n) is 2.92. The average Bonchev–Trinajstić information content (AvgIpc) is 2.97. The molecule has 1 saturated heterocycles. The molecule has 0 bridgehead atoms. The molecular formula is C19H22ClN3O2. The number of para-hydroxylation sites is 1. The van der Waals surface area contributed by atoms with Crippen LogP contribution in [0.4, 0.5) is 5.69 Å². The largest absolute Gasteiger partial charge is 0.343 e. The minimum absolute atomic E-state index is 0. The molecule has 3 N–H and O–H groups in total. The molecule has 1 aliphatic rings. The number of nitrogens with two attached hydrogens (primary N) is 1. The fourth-order valence-corrected chi connectivity index (χ4v) is 2.92.